The smallest absolute Gasteiger partial charge is 0.224 e. The van der Waals surface area contributed by atoms with Crippen LogP contribution in [0.2, 0.25) is 0 Å². The van der Waals surface area contributed by atoms with Crippen LogP contribution < -0.4 is 10.6 Å². The summed E-state index contributed by atoms with van der Waals surface area (Å²) in [5, 5.41) is 5.69. The third-order valence-corrected chi connectivity index (χ3v) is 2.47. The van der Waals surface area contributed by atoms with Crippen LogP contribution in [0.5, 0.6) is 0 Å². The summed E-state index contributed by atoms with van der Waals surface area (Å²) in [6, 6.07) is 7.52. The molecule has 0 saturated carbocycles. The maximum Gasteiger partial charge on any atom is 0.224 e. The van der Waals surface area contributed by atoms with Gasteiger partial charge in [-0.15, -0.1) is 0 Å². The van der Waals surface area contributed by atoms with E-state index in [1.807, 2.05) is 24.3 Å². The van der Waals surface area contributed by atoms with Crippen molar-refractivity contribution in [3.05, 3.63) is 41.8 Å². The van der Waals surface area contributed by atoms with Gasteiger partial charge in [-0.1, -0.05) is 12.1 Å². The number of nitrogens with one attached hydrogen (secondary N) is 2. The molecule has 0 unspecified atom stereocenters. The number of halogens is 1. The molecule has 19 heavy (non-hydrogen) atoms. The Morgan fingerprint density at radius 2 is 2.21 bits per heavy atom. The Labute approximate surface area is 110 Å². The summed E-state index contributed by atoms with van der Waals surface area (Å²) in [4.78, 5) is 7.81. The Kier molecular flexibility index (Phi) is 4.25. The highest BCUT2D eigenvalue weighted by atomic mass is 19.1. The van der Waals surface area contributed by atoms with Crippen molar-refractivity contribution in [2.75, 3.05) is 24.8 Å². The van der Waals surface area contributed by atoms with Crippen LogP contribution >= 0.6 is 0 Å². The minimum atomic E-state index is -0.504. The number of ether oxygens (including phenoxy) is 1. The molecule has 2 rings (SSSR count). The molecule has 100 valence electrons. The van der Waals surface area contributed by atoms with E-state index in [4.69, 9.17) is 4.74 Å². The molecule has 0 aliphatic heterocycles. The van der Waals surface area contributed by atoms with Gasteiger partial charge < -0.3 is 15.4 Å². The number of rotatable bonds is 5. The van der Waals surface area contributed by atoms with Gasteiger partial charge in [0, 0.05) is 19.8 Å². The summed E-state index contributed by atoms with van der Waals surface area (Å²) in [6.07, 6.45) is 1.13. The second kappa shape index (κ2) is 6.10. The fourth-order valence-corrected chi connectivity index (χ4v) is 1.62. The van der Waals surface area contributed by atoms with Gasteiger partial charge in [0.15, 0.2) is 11.6 Å². The summed E-state index contributed by atoms with van der Waals surface area (Å²) < 4.78 is 18.7. The summed E-state index contributed by atoms with van der Waals surface area (Å²) in [6.45, 7) is 0.504. The topological polar surface area (TPSA) is 59.1 Å². The van der Waals surface area contributed by atoms with E-state index in [1.165, 1.54) is 0 Å². The van der Waals surface area contributed by atoms with Crippen molar-refractivity contribution >= 4 is 17.5 Å². The largest absolute Gasteiger partial charge is 0.380 e. The van der Waals surface area contributed by atoms with E-state index in [9.17, 15) is 4.39 Å². The van der Waals surface area contributed by atoms with Crippen molar-refractivity contribution in [3.63, 3.8) is 0 Å². The van der Waals surface area contributed by atoms with E-state index in [0.29, 0.717) is 12.6 Å². The Morgan fingerprint density at radius 3 is 2.95 bits per heavy atom. The Morgan fingerprint density at radius 1 is 1.37 bits per heavy atom. The Hall–Kier alpha value is -2.21. The van der Waals surface area contributed by atoms with Crippen LogP contribution in [0, 0.1) is 5.82 Å². The molecule has 1 aromatic heterocycles. The van der Waals surface area contributed by atoms with Crippen molar-refractivity contribution in [1.82, 2.24) is 9.97 Å². The van der Waals surface area contributed by atoms with E-state index in [0.717, 1.165) is 17.4 Å². The minimum absolute atomic E-state index is 0.133. The molecule has 0 saturated heterocycles. The van der Waals surface area contributed by atoms with Gasteiger partial charge in [-0.2, -0.15) is 4.98 Å². The number of methoxy groups -OCH3 is 1. The summed E-state index contributed by atoms with van der Waals surface area (Å²) in [5.74, 6) is -0.0120. The number of hydrogen-bond acceptors (Lipinski definition) is 5. The maximum absolute atomic E-state index is 13.6. The molecule has 0 aliphatic rings. The van der Waals surface area contributed by atoms with Gasteiger partial charge in [0.2, 0.25) is 5.95 Å². The van der Waals surface area contributed by atoms with Crippen molar-refractivity contribution in [2.24, 2.45) is 0 Å². The molecule has 0 bridgehead atoms. The normalized spacial score (nSPS) is 10.3. The lowest BCUT2D eigenvalue weighted by atomic mass is 10.2. The molecule has 0 amide bonds. The minimum Gasteiger partial charge on any atom is -0.380 e. The summed E-state index contributed by atoms with van der Waals surface area (Å²) in [5.41, 5.74) is 1.74. The number of nitrogens with zero attached hydrogens (tertiary/aromatic N) is 2. The third-order valence-electron chi connectivity index (χ3n) is 2.47. The van der Waals surface area contributed by atoms with Crippen LogP contribution in [0.15, 0.2) is 30.5 Å². The monoisotopic (exact) mass is 262 g/mol. The number of aromatic nitrogens is 2. The van der Waals surface area contributed by atoms with Gasteiger partial charge in [0.05, 0.1) is 12.8 Å². The predicted molar refractivity (Wildman–Crippen MR) is 72.0 cm³/mol. The first-order valence-electron chi connectivity index (χ1n) is 5.78. The fourth-order valence-electron chi connectivity index (χ4n) is 1.62. The van der Waals surface area contributed by atoms with Crippen molar-refractivity contribution in [3.8, 4) is 0 Å². The average molecular weight is 262 g/mol. The zero-order valence-electron chi connectivity index (χ0n) is 10.8. The molecule has 0 fully saturated rings. The van der Waals surface area contributed by atoms with Crippen molar-refractivity contribution in [1.29, 1.82) is 0 Å². The molecular formula is C13H15FN4O. The second-order valence-electron chi connectivity index (χ2n) is 3.90. The molecule has 5 nitrogen and oxygen atoms in total. The summed E-state index contributed by atoms with van der Waals surface area (Å²) >= 11 is 0. The zero-order valence-corrected chi connectivity index (χ0v) is 10.8. The predicted octanol–water partition coefficient (Wildman–Crippen LogP) is 2.55. The molecule has 1 aromatic carbocycles. The highest BCUT2D eigenvalue weighted by Crippen LogP contribution is 2.19. The van der Waals surface area contributed by atoms with Gasteiger partial charge in [0.1, 0.15) is 0 Å². The lowest BCUT2D eigenvalue weighted by molar-refractivity contribution is 0.185. The van der Waals surface area contributed by atoms with Crippen LogP contribution in [0.25, 0.3) is 0 Å². The molecule has 0 spiro atoms. The lowest BCUT2D eigenvalue weighted by Gasteiger charge is -2.09. The van der Waals surface area contributed by atoms with Gasteiger partial charge in [-0.05, 0) is 17.7 Å². The molecule has 6 heteroatoms. The van der Waals surface area contributed by atoms with Crippen LogP contribution in [0.4, 0.5) is 21.8 Å². The van der Waals surface area contributed by atoms with Crippen molar-refractivity contribution < 1.29 is 9.13 Å². The maximum atomic E-state index is 13.6. The van der Waals surface area contributed by atoms with E-state index < -0.39 is 5.82 Å². The number of benzene rings is 1. The van der Waals surface area contributed by atoms with Gasteiger partial charge in [-0.3, -0.25) is 0 Å². The molecule has 0 atom stereocenters. The summed E-state index contributed by atoms with van der Waals surface area (Å²) in [7, 11) is 3.31. The second-order valence-corrected chi connectivity index (χ2v) is 3.90. The van der Waals surface area contributed by atoms with E-state index in [2.05, 4.69) is 20.6 Å². The molecule has 0 aliphatic carbocycles. The molecular weight excluding hydrogens is 247 g/mol. The molecule has 2 aromatic rings. The van der Waals surface area contributed by atoms with E-state index >= 15 is 0 Å². The number of hydrogen-bond donors (Lipinski definition) is 2. The van der Waals surface area contributed by atoms with Gasteiger partial charge in [0.25, 0.3) is 0 Å². The zero-order chi connectivity index (χ0) is 13.7. The van der Waals surface area contributed by atoms with Gasteiger partial charge >= 0.3 is 0 Å². The van der Waals surface area contributed by atoms with E-state index in [1.54, 1.807) is 14.2 Å². The first-order valence-corrected chi connectivity index (χ1v) is 5.78. The first kappa shape index (κ1) is 13.2. The van der Waals surface area contributed by atoms with E-state index in [-0.39, 0.29) is 5.82 Å². The third kappa shape index (κ3) is 3.38. The molecule has 0 radical (unpaired) electrons. The average Bonchev–Trinajstić information content (AvgIpc) is 2.42. The van der Waals surface area contributed by atoms with Crippen LogP contribution in [-0.4, -0.2) is 24.1 Å². The standard InChI is InChI=1S/C13H15FN4O/c1-15-13-16-7-11(14)12(18-13)17-10-5-3-4-9(6-10)8-19-2/h3-7H,8H2,1-2H3,(H2,15,16,17,18). The molecule has 1 heterocycles. The number of anilines is 3. The lowest BCUT2D eigenvalue weighted by Crippen LogP contribution is -2.03. The van der Waals surface area contributed by atoms with Crippen molar-refractivity contribution in [2.45, 2.75) is 6.61 Å². The Bertz CT molecular complexity index is 562. The van der Waals surface area contributed by atoms with Crippen LogP contribution in [0.1, 0.15) is 5.56 Å². The van der Waals surface area contributed by atoms with Crippen LogP contribution in [0.3, 0.4) is 0 Å². The quantitative estimate of drug-likeness (QED) is 0.867. The van der Waals surface area contributed by atoms with Crippen LogP contribution in [-0.2, 0) is 11.3 Å². The fraction of sp³-hybridized carbons (Fsp3) is 0.231. The van der Waals surface area contributed by atoms with Gasteiger partial charge in [-0.25, -0.2) is 9.37 Å². The molecule has 2 N–H and O–H groups in total. The highest BCUT2D eigenvalue weighted by molar-refractivity contribution is 5.58. The highest BCUT2D eigenvalue weighted by Gasteiger charge is 2.06. The Balaban J connectivity index is 2.22. The first-order chi connectivity index (χ1) is 9.22. The SMILES string of the molecule is CNc1ncc(F)c(Nc2cccc(COC)c2)n1.